The predicted octanol–water partition coefficient (Wildman–Crippen LogP) is 2.68. The fraction of sp³-hybridized carbons (Fsp3) is 0.125. The molecule has 5 nitrogen and oxygen atoms in total. The van der Waals surface area contributed by atoms with E-state index >= 15 is 0 Å². The molecule has 0 bridgehead atoms. The summed E-state index contributed by atoms with van der Waals surface area (Å²) in [5.41, 5.74) is 15.5. The van der Waals surface area contributed by atoms with Gasteiger partial charge in [0.2, 0.25) is 11.9 Å². The Morgan fingerprint density at radius 2 is 1.62 bits per heavy atom. The topological polar surface area (TPSA) is 88.8 Å². The van der Waals surface area contributed by atoms with Crippen molar-refractivity contribution in [3.05, 3.63) is 59.7 Å². The third-order valence-electron chi connectivity index (χ3n) is 2.77. The van der Waals surface area contributed by atoms with E-state index in [4.69, 9.17) is 11.5 Å². The molecule has 0 aromatic heterocycles. The molecule has 0 amide bonds. The van der Waals surface area contributed by atoms with E-state index in [1.165, 1.54) is 0 Å². The van der Waals surface area contributed by atoms with Crippen molar-refractivity contribution in [1.29, 1.82) is 0 Å². The molecule has 2 rings (SSSR count). The maximum Gasteiger partial charge on any atom is 0.223 e. The molecule has 108 valence electrons. The van der Waals surface area contributed by atoms with Crippen LogP contribution in [0.15, 0.2) is 58.5 Å². The number of nitrogens with two attached hydrogens (primary N) is 2. The first-order valence-electron chi connectivity index (χ1n) is 6.61. The average molecular weight is 281 g/mol. The van der Waals surface area contributed by atoms with Gasteiger partial charge in [0.1, 0.15) is 0 Å². The van der Waals surface area contributed by atoms with Gasteiger partial charge >= 0.3 is 0 Å². The maximum absolute atomic E-state index is 5.82. The highest BCUT2D eigenvalue weighted by molar-refractivity contribution is 6.01. The molecule has 0 spiro atoms. The lowest BCUT2D eigenvalue weighted by Gasteiger charge is -2.06. The van der Waals surface area contributed by atoms with Crippen molar-refractivity contribution in [2.24, 2.45) is 21.5 Å². The van der Waals surface area contributed by atoms with Crippen LogP contribution in [0.4, 0.5) is 11.4 Å². The van der Waals surface area contributed by atoms with Crippen LogP contribution in [0.3, 0.4) is 0 Å². The fourth-order valence-corrected chi connectivity index (χ4v) is 1.88. The molecule has 0 aliphatic rings. The van der Waals surface area contributed by atoms with Crippen LogP contribution in [0, 0.1) is 13.8 Å². The SMILES string of the molecule is Cc1cccc(N=C(N)/N=C(\N)Nc2cccc(C)c2)c1. The van der Waals surface area contributed by atoms with Crippen molar-refractivity contribution in [2.45, 2.75) is 13.8 Å². The first-order chi connectivity index (χ1) is 10.0. The molecule has 0 aliphatic carbocycles. The van der Waals surface area contributed by atoms with Crippen molar-refractivity contribution < 1.29 is 0 Å². The molecule has 0 fully saturated rings. The summed E-state index contributed by atoms with van der Waals surface area (Å²) in [7, 11) is 0. The van der Waals surface area contributed by atoms with Gasteiger partial charge in [-0.3, -0.25) is 0 Å². The molecule has 2 aromatic rings. The predicted molar refractivity (Wildman–Crippen MR) is 88.9 cm³/mol. The molecule has 5 N–H and O–H groups in total. The molecule has 0 saturated heterocycles. The summed E-state index contributed by atoms with van der Waals surface area (Å²) in [5.74, 6) is 0.313. The number of benzene rings is 2. The van der Waals surface area contributed by atoms with E-state index in [1.807, 2.05) is 62.4 Å². The molecule has 21 heavy (non-hydrogen) atoms. The Morgan fingerprint density at radius 3 is 2.29 bits per heavy atom. The minimum atomic E-state index is 0.109. The third kappa shape index (κ3) is 4.65. The molecule has 0 atom stereocenters. The van der Waals surface area contributed by atoms with E-state index in [2.05, 4.69) is 15.3 Å². The zero-order chi connectivity index (χ0) is 15.2. The smallest absolute Gasteiger partial charge is 0.223 e. The number of nitrogens with zero attached hydrogens (tertiary/aromatic N) is 2. The lowest BCUT2D eigenvalue weighted by molar-refractivity contribution is 1.37. The molecule has 0 heterocycles. The summed E-state index contributed by atoms with van der Waals surface area (Å²) in [6.07, 6.45) is 0. The van der Waals surface area contributed by atoms with Gasteiger partial charge in [-0.15, -0.1) is 0 Å². The van der Waals surface area contributed by atoms with Crippen LogP contribution in [0.25, 0.3) is 0 Å². The molecule has 0 unspecified atom stereocenters. The van der Waals surface area contributed by atoms with Crippen LogP contribution in [0.5, 0.6) is 0 Å². The first-order valence-corrected chi connectivity index (χ1v) is 6.61. The second-order valence-corrected chi connectivity index (χ2v) is 4.80. The number of guanidine groups is 2. The van der Waals surface area contributed by atoms with Crippen molar-refractivity contribution in [3.63, 3.8) is 0 Å². The van der Waals surface area contributed by atoms with Crippen molar-refractivity contribution in [2.75, 3.05) is 5.32 Å². The summed E-state index contributed by atoms with van der Waals surface area (Å²) in [6.45, 7) is 4.00. The van der Waals surface area contributed by atoms with Gasteiger partial charge in [-0.1, -0.05) is 24.3 Å². The van der Waals surface area contributed by atoms with Gasteiger partial charge in [0.05, 0.1) is 5.69 Å². The second kappa shape index (κ2) is 6.56. The zero-order valence-corrected chi connectivity index (χ0v) is 12.2. The highest BCUT2D eigenvalue weighted by atomic mass is 15.2. The summed E-state index contributed by atoms with van der Waals surface area (Å²) < 4.78 is 0. The Labute approximate surface area is 124 Å². The molecular weight excluding hydrogens is 262 g/mol. The molecule has 0 aliphatic heterocycles. The standard InChI is InChI=1S/C16H19N5/c1-11-5-3-7-13(9-11)19-15(17)21-16(18)20-14-8-4-6-12(2)10-14/h3-10H,1-2H3,(H5,17,18,19,20,21). The van der Waals surface area contributed by atoms with E-state index in [0.29, 0.717) is 0 Å². The van der Waals surface area contributed by atoms with Crippen LogP contribution in [-0.2, 0) is 0 Å². The van der Waals surface area contributed by atoms with Gasteiger partial charge in [-0.05, 0) is 49.2 Å². The largest absolute Gasteiger partial charge is 0.369 e. The van der Waals surface area contributed by atoms with Crippen molar-refractivity contribution in [1.82, 2.24) is 0 Å². The van der Waals surface area contributed by atoms with Crippen LogP contribution >= 0.6 is 0 Å². The van der Waals surface area contributed by atoms with E-state index in [9.17, 15) is 0 Å². The van der Waals surface area contributed by atoms with E-state index in [-0.39, 0.29) is 11.9 Å². The Balaban J connectivity index is 2.11. The minimum absolute atomic E-state index is 0.109. The number of hydrogen-bond acceptors (Lipinski definition) is 1. The summed E-state index contributed by atoms with van der Waals surface area (Å²) in [4.78, 5) is 8.24. The number of rotatable bonds is 2. The van der Waals surface area contributed by atoms with E-state index < -0.39 is 0 Å². The summed E-state index contributed by atoms with van der Waals surface area (Å²) >= 11 is 0. The highest BCUT2D eigenvalue weighted by Crippen LogP contribution is 2.13. The molecular formula is C16H19N5. The lowest BCUT2D eigenvalue weighted by atomic mass is 10.2. The number of aliphatic imine (C=N–C) groups is 2. The first kappa shape index (κ1) is 14.6. The second-order valence-electron chi connectivity index (χ2n) is 4.80. The average Bonchev–Trinajstić information content (AvgIpc) is 2.38. The van der Waals surface area contributed by atoms with Crippen LogP contribution < -0.4 is 16.8 Å². The van der Waals surface area contributed by atoms with Crippen LogP contribution in [0.1, 0.15) is 11.1 Å². The van der Waals surface area contributed by atoms with Gasteiger partial charge in [0, 0.05) is 5.69 Å². The monoisotopic (exact) mass is 281 g/mol. The van der Waals surface area contributed by atoms with E-state index in [1.54, 1.807) is 0 Å². The molecule has 0 saturated carbocycles. The Bertz CT molecular complexity index is 689. The van der Waals surface area contributed by atoms with E-state index in [0.717, 1.165) is 22.5 Å². The minimum Gasteiger partial charge on any atom is -0.369 e. The number of aryl methyl sites for hydroxylation is 2. The molecule has 2 aromatic carbocycles. The number of hydrogen-bond donors (Lipinski definition) is 3. The van der Waals surface area contributed by atoms with Gasteiger partial charge in [-0.25, -0.2) is 4.99 Å². The highest BCUT2D eigenvalue weighted by Gasteiger charge is 1.98. The van der Waals surface area contributed by atoms with Gasteiger partial charge in [0.15, 0.2) is 0 Å². The summed E-state index contributed by atoms with van der Waals surface area (Å²) in [6, 6.07) is 15.5. The third-order valence-corrected chi connectivity index (χ3v) is 2.77. The fourth-order valence-electron chi connectivity index (χ4n) is 1.88. The quantitative estimate of drug-likeness (QED) is 0.584. The Kier molecular flexibility index (Phi) is 4.56. The van der Waals surface area contributed by atoms with Gasteiger partial charge < -0.3 is 16.8 Å². The molecule has 0 radical (unpaired) electrons. The molecule has 5 heteroatoms. The number of anilines is 1. The normalized spacial score (nSPS) is 12.3. The maximum atomic E-state index is 5.82. The Hall–Kier alpha value is -2.82. The van der Waals surface area contributed by atoms with Gasteiger partial charge in [0.25, 0.3) is 0 Å². The van der Waals surface area contributed by atoms with Crippen LogP contribution in [0.2, 0.25) is 0 Å². The van der Waals surface area contributed by atoms with Crippen LogP contribution in [-0.4, -0.2) is 11.9 Å². The zero-order valence-electron chi connectivity index (χ0n) is 12.2. The van der Waals surface area contributed by atoms with Gasteiger partial charge in [-0.2, -0.15) is 4.99 Å². The van der Waals surface area contributed by atoms with Crippen molar-refractivity contribution >= 4 is 23.3 Å². The Morgan fingerprint density at radius 1 is 0.952 bits per heavy atom. The number of nitrogens with one attached hydrogen (secondary N) is 1. The summed E-state index contributed by atoms with van der Waals surface area (Å²) in [5, 5.41) is 2.98. The lowest BCUT2D eigenvalue weighted by Crippen LogP contribution is -2.26. The van der Waals surface area contributed by atoms with Crippen molar-refractivity contribution in [3.8, 4) is 0 Å².